The van der Waals surface area contributed by atoms with Gasteiger partial charge in [-0.15, -0.1) is 0 Å². The number of pyridine rings is 1. The monoisotopic (exact) mass is 276 g/mol. The molecule has 0 atom stereocenters. The van der Waals surface area contributed by atoms with Crippen LogP contribution < -0.4 is 4.74 Å². The first-order valence-corrected chi connectivity index (χ1v) is 5.69. The number of rotatable bonds is 1. The van der Waals surface area contributed by atoms with Crippen molar-refractivity contribution in [2.24, 2.45) is 0 Å². The summed E-state index contributed by atoms with van der Waals surface area (Å²) in [6, 6.07) is 8.01. The molecular formula is C12H9BrN2O. The number of ether oxygens (including phenoxy) is 1. The first-order chi connectivity index (χ1) is 7.81. The van der Waals surface area contributed by atoms with E-state index in [2.05, 4.69) is 20.9 Å². The van der Waals surface area contributed by atoms with Crippen molar-refractivity contribution in [3.8, 4) is 5.75 Å². The summed E-state index contributed by atoms with van der Waals surface area (Å²) >= 11 is 3.46. The Balaban J connectivity index is 2.52. The van der Waals surface area contributed by atoms with E-state index in [1.54, 1.807) is 13.3 Å². The summed E-state index contributed by atoms with van der Waals surface area (Å²) in [5.74, 6) is 0.874. The molecule has 0 unspecified atom stereocenters. The normalized spacial score (nSPS) is 11.1. The Morgan fingerprint density at radius 1 is 1.25 bits per heavy atom. The number of hydrogen-bond donors (Lipinski definition) is 0. The minimum Gasteiger partial charge on any atom is -0.496 e. The fourth-order valence-electron chi connectivity index (χ4n) is 1.92. The zero-order valence-corrected chi connectivity index (χ0v) is 10.2. The molecule has 16 heavy (non-hydrogen) atoms. The summed E-state index contributed by atoms with van der Waals surface area (Å²) in [7, 11) is 1.68. The van der Waals surface area contributed by atoms with Crippen LogP contribution in [0.2, 0.25) is 0 Å². The van der Waals surface area contributed by atoms with E-state index in [9.17, 15) is 0 Å². The second-order valence-corrected chi connectivity index (χ2v) is 4.32. The van der Waals surface area contributed by atoms with E-state index < -0.39 is 0 Å². The van der Waals surface area contributed by atoms with Crippen molar-refractivity contribution in [2.75, 3.05) is 7.11 Å². The summed E-state index contributed by atoms with van der Waals surface area (Å²) in [6.07, 6.45) is 3.78. The van der Waals surface area contributed by atoms with Crippen LogP contribution in [0.15, 0.2) is 41.3 Å². The van der Waals surface area contributed by atoms with Crippen LogP contribution in [-0.2, 0) is 0 Å². The molecule has 3 aromatic rings. The van der Waals surface area contributed by atoms with Crippen LogP contribution in [0.1, 0.15) is 0 Å². The molecule has 80 valence electrons. The molecule has 0 N–H and O–H groups in total. The van der Waals surface area contributed by atoms with Gasteiger partial charge in [-0.3, -0.25) is 4.40 Å². The first kappa shape index (κ1) is 9.66. The van der Waals surface area contributed by atoms with Crippen LogP contribution in [0.3, 0.4) is 0 Å². The van der Waals surface area contributed by atoms with E-state index in [4.69, 9.17) is 4.74 Å². The van der Waals surface area contributed by atoms with Crippen LogP contribution >= 0.6 is 15.9 Å². The van der Waals surface area contributed by atoms with Gasteiger partial charge in [0.05, 0.1) is 13.3 Å². The van der Waals surface area contributed by atoms with Crippen LogP contribution in [0, 0.1) is 0 Å². The third kappa shape index (κ3) is 1.23. The smallest absolute Gasteiger partial charge is 0.145 e. The van der Waals surface area contributed by atoms with Gasteiger partial charge >= 0.3 is 0 Å². The minimum absolute atomic E-state index is 0.874. The Labute approximate surface area is 101 Å². The van der Waals surface area contributed by atoms with Crippen LogP contribution in [0.5, 0.6) is 5.75 Å². The van der Waals surface area contributed by atoms with Gasteiger partial charge in [-0.1, -0.05) is 12.1 Å². The van der Waals surface area contributed by atoms with Gasteiger partial charge in [0, 0.05) is 17.0 Å². The number of imidazole rings is 1. The Morgan fingerprint density at radius 3 is 2.94 bits per heavy atom. The molecule has 0 bridgehead atoms. The van der Waals surface area contributed by atoms with E-state index >= 15 is 0 Å². The van der Waals surface area contributed by atoms with Crippen molar-refractivity contribution in [1.82, 2.24) is 9.38 Å². The average molecular weight is 277 g/mol. The number of aromatic nitrogens is 2. The van der Waals surface area contributed by atoms with E-state index in [-0.39, 0.29) is 0 Å². The van der Waals surface area contributed by atoms with Gasteiger partial charge in [0.2, 0.25) is 0 Å². The summed E-state index contributed by atoms with van der Waals surface area (Å²) in [4.78, 5) is 4.38. The molecule has 0 aliphatic heterocycles. The van der Waals surface area contributed by atoms with Gasteiger partial charge in [0.1, 0.15) is 16.0 Å². The van der Waals surface area contributed by atoms with Crippen molar-refractivity contribution in [2.45, 2.75) is 0 Å². The lowest BCUT2D eigenvalue weighted by atomic mass is 10.1. The molecule has 0 saturated heterocycles. The highest BCUT2D eigenvalue weighted by Gasteiger charge is 2.07. The summed E-state index contributed by atoms with van der Waals surface area (Å²) in [6.45, 7) is 0. The van der Waals surface area contributed by atoms with Crippen LogP contribution in [-0.4, -0.2) is 16.5 Å². The Kier molecular flexibility index (Phi) is 2.11. The second kappa shape index (κ2) is 3.49. The SMILES string of the molecule is COc1cccc2c1ccn1c(Br)cnc21. The molecule has 2 heterocycles. The molecule has 3 nitrogen and oxygen atoms in total. The third-order valence-corrected chi connectivity index (χ3v) is 3.26. The molecule has 2 aromatic heterocycles. The first-order valence-electron chi connectivity index (χ1n) is 4.89. The van der Waals surface area contributed by atoms with Crippen molar-refractivity contribution < 1.29 is 4.74 Å². The Hall–Kier alpha value is -1.55. The molecule has 3 rings (SSSR count). The van der Waals surface area contributed by atoms with E-state index in [0.29, 0.717) is 0 Å². The van der Waals surface area contributed by atoms with Gasteiger partial charge in [0.15, 0.2) is 0 Å². The molecule has 0 spiro atoms. The molecule has 0 saturated carbocycles. The lowest BCUT2D eigenvalue weighted by Crippen LogP contribution is -1.89. The van der Waals surface area contributed by atoms with Gasteiger partial charge < -0.3 is 4.74 Å². The fourth-order valence-corrected chi connectivity index (χ4v) is 2.31. The summed E-state index contributed by atoms with van der Waals surface area (Å²) < 4.78 is 8.29. The molecule has 4 heteroatoms. The minimum atomic E-state index is 0.874. The summed E-state index contributed by atoms with van der Waals surface area (Å²) in [5, 5.41) is 2.17. The van der Waals surface area contributed by atoms with Gasteiger partial charge in [-0.2, -0.15) is 0 Å². The van der Waals surface area contributed by atoms with Crippen molar-refractivity contribution in [3.05, 3.63) is 41.3 Å². The average Bonchev–Trinajstić information content (AvgIpc) is 2.70. The van der Waals surface area contributed by atoms with Crippen LogP contribution in [0.4, 0.5) is 0 Å². The number of nitrogens with zero attached hydrogens (tertiary/aromatic N) is 2. The van der Waals surface area contributed by atoms with E-state index in [0.717, 1.165) is 26.8 Å². The maximum Gasteiger partial charge on any atom is 0.145 e. The number of benzene rings is 1. The summed E-state index contributed by atoms with van der Waals surface area (Å²) in [5.41, 5.74) is 0.934. The quantitative estimate of drug-likeness (QED) is 0.682. The molecule has 0 radical (unpaired) electrons. The number of fused-ring (bicyclic) bond motifs is 3. The topological polar surface area (TPSA) is 26.5 Å². The second-order valence-electron chi connectivity index (χ2n) is 3.51. The van der Waals surface area contributed by atoms with E-state index in [1.165, 1.54) is 0 Å². The maximum absolute atomic E-state index is 5.33. The number of hydrogen-bond acceptors (Lipinski definition) is 2. The molecule has 0 fully saturated rings. The van der Waals surface area contributed by atoms with Gasteiger partial charge in [-0.05, 0) is 28.1 Å². The predicted octanol–water partition coefficient (Wildman–Crippen LogP) is 3.26. The fraction of sp³-hybridized carbons (Fsp3) is 0.0833. The third-order valence-electron chi connectivity index (χ3n) is 2.67. The largest absolute Gasteiger partial charge is 0.496 e. The predicted molar refractivity (Wildman–Crippen MR) is 67.0 cm³/mol. The zero-order valence-electron chi connectivity index (χ0n) is 8.64. The standard InChI is InChI=1S/C12H9BrN2O/c1-16-10-4-2-3-9-8(10)5-6-15-11(13)7-14-12(9)15/h2-7H,1H3. The lowest BCUT2D eigenvalue weighted by Gasteiger charge is -2.06. The maximum atomic E-state index is 5.33. The molecule has 1 aromatic carbocycles. The molecule has 0 amide bonds. The molecule has 0 aliphatic carbocycles. The van der Waals surface area contributed by atoms with Crippen molar-refractivity contribution >= 4 is 32.3 Å². The van der Waals surface area contributed by atoms with Crippen LogP contribution in [0.25, 0.3) is 16.4 Å². The number of methoxy groups -OCH3 is 1. The number of halogens is 1. The van der Waals surface area contributed by atoms with Crippen molar-refractivity contribution in [1.29, 1.82) is 0 Å². The highest BCUT2D eigenvalue weighted by atomic mass is 79.9. The highest BCUT2D eigenvalue weighted by Crippen LogP contribution is 2.28. The van der Waals surface area contributed by atoms with Gasteiger partial charge in [-0.25, -0.2) is 4.98 Å². The highest BCUT2D eigenvalue weighted by molar-refractivity contribution is 9.10. The Bertz CT molecular complexity index is 675. The lowest BCUT2D eigenvalue weighted by molar-refractivity contribution is 0.420. The van der Waals surface area contributed by atoms with Gasteiger partial charge in [0.25, 0.3) is 0 Å². The molecular weight excluding hydrogens is 268 g/mol. The van der Waals surface area contributed by atoms with Crippen molar-refractivity contribution in [3.63, 3.8) is 0 Å². The molecule has 0 aliphatic rings. The van der Waals surface area contributed by atoms with E-state index in [1.807, 2.05) is 34.9 Å². The zero-order chi connectivity index (χ0) is 11.1. The Morgan fingerprint density at radius 2 is 2.12 bits per heavy atom.